The van der Waals surface area contributed by atoms with Crippen molar-refractivity contribution in [2.75, 3.05) is 0 Å². The molecule has 1 aromatic heterocycles. The monoisotopic (exact) mass is 377 g/mol. The summed E-state index contributed by atoms with van der Waals surface area (Å²) in [6.45, 7) is 1.78. The number of benzene rings is 2. The summed E-state index contributed by atoms with van der Waals surface area (Å²) in [7, 11) is 0. The van der Waals surface area contributed by atoms with E-state index in [-0.39, 0.29) is 18.0 Å². The van der Waals surface area contributed by atoms with Gasteiger partial charge in [0.25, 0.3) is 5.56 Å². The fraction of sp³-hybridized carbons (Fsp3) is 0.0952. The molecule has 2 aromatic carbocycles. The highest BCUT2D eigenvalue weighted by molar-refractivity contribution is 6.30. The van der Waals surface area contributed by atoms with Gasteiger partial charge >= 0.3 is 0 Å². The molecule has 5 nitrogen and oxygen atoms in total. The Bertz CT molecular complexity index is 1100. The minimum atomic E-state index is -0.528. The zero-order valence-electron chi connectivity index (χ0n) is 14.6. The standard InChI is InChI=1S/C21H16ClN3O2/c1-14-18(11-23)20(26)25(13-15-5-3-2-4-6-15)21(27)19(14)12-24-17-9-7-16(22)8-10-17/h2-10,12,27H,13H2,1H3. The fourth-order valence-electron chi connectivity index (χ4n) is 2.70. The lowest BCUT2D eigenvalue weighted by Crippen LogP contribution is -2.25. The Morgan fingerprint density at radius 1 is 1.19 bits per heavy atom. The zero-order valence-corrected chi connectivity index (χ0v) is 15.3. The molecule has 0 radical (unpaired) electrons. The second-order valence-corrected chi connectivity index (χ2v) is 6.40. The maximum atomic E-state index is 12.6. The van der Waals surface area contributed by atoms with E-state index in [0.29, 0.717) is 21.8 Å². The summed E-state index contributed by atoms with van der Waals surface area (Å²) in [6, 6.07) is 18.1. The van der Waals surface area contributed by atoms with Gasteiger partial charge in [-0.1, -0.05) is 41.9 Å². The second-order valence-electron chi connectivity index (χ2n) is 5.96. The molecule has 134 valence electrons. The Labute approximate surface area is 161 Å². The minimum absolute atomic E-state index is 0.0127. The highest BCUT2D eigenvalue weighted by atomic mass is 35.5. The van der Waals surface area contributed by atoms with Crippen molar-refractivity contribution in [1.82, 2.24) is 4.57 Å². The number of nitrogens with zero attached hydrogens (tertiary/aromatic N) is 3. The maximum absolute atomic E-state index is 12.6. The van der Waals surface area contributed by atoms with Crippen LogP contribution in [0.3, 0.4) is 0 Å². The summed E-state index contributed by atoms with van der Waals surface area (Å²) in [6.07, 6.45) is 1.45. The van der Waals surface area contributed by atoms with E-state index < -0.39 is 5.56 Å². The van der Waals surface area contributed by atoms with Crippen molar-refractivity contribution in [1.29, 1.82) is 5.26 Å². The van der Waals surface area contributed by atoms with Gasteiger partial charge in [-0.2, -0.15) is 5.26 Å². The lowest BCUT2D eigenvalue weighted by atomic mass is 10.1. The average Bonchev–Trinajstić information content (AvgIpc) is 2.68. The quantitative estimate of drug-likeness (QED) is 0.692. The number of aromatic nitrogens is 1. The van der Waals surface area contributed by atoms with E-state index >= 15 is 0 Å². The van der Waals surface area contributed by atoms with E-state index in [4.69, 9.17) is 11.6 Å². The Morgan fingerprint density at radius 2 is 1.85 bits per heavy atom. The first-order valence-electron chi connectivity index (χ1n) is 8.21. The van der Waals surface area contributed by atoms with Crippen LogP contribution in [0.25, 0.3) is 0 Å². The number of halogens is 1. The lowest BCUT2D eigenvalue weighted by Gasteiger charge is -2.14. The number of hydrogen-bond acceptors (Lipinski definition) is 4. The van der Waals surface area contributed by atoms with Crippen molar-refractivity contribution < 1.29 is 5.11 Å². The van der Waals surface area contributed by atoms with Crippen molar-refractivity contribution in [3.05, 3.63) is 92.2 Å². The third-order valence-corrected chi connectivity index (χ3v) is 4.45. The van der Waals surface area contributed by atoms with Crippen LogP contribution in [0.2, 0.25) is 5.02 Å². The number of hydrogen-bond donors (Lipinski definition) is 1. The molecule has 0 saturated heterocycles. The molecular formula is C21H16ClN3O2. The van der Waals surface area contributed by atoms with E-state index in [9.17, 15) is 15.2 Å². The van der Waals surface area contributed by atoms with Crippen LogP contribution in [0.4, 0.5) is 5.69 Å². The molecule has 0 saturated carbocycles. The molecule has 0 amide bonds. The van der Waals surface area contributed by atoms with Gasteiger partial charge in [0.05, 0.1) is 17.8 Å². The molecule has 1 N–H and O–H groups in total. The van der Waals surface area contributed by atoms with Gasteiger partial charge in [0.15, 0.2) is 0 Å². The molecule has 0 unspecified atom stereocenters. The zero-order chi connectivity index (χ0) is 19.4. The molecule has 0 aliphatic carbocycles. The number of nitriles is 1. The fourth-order valence-corrected chi connectivity index (χ4v) is 2.83. The van der Waals surface area contributed by atoms with Gasteiger partial charge < -0.3 is 5.11 Å². The van der Waals surface area contributed by atoms with Crippen LogP contribution in [0.15, 0.2) is 64.4 Å². The van der Waals surface area contributed by atoms with Crippen molar-refractivity contribution in [3.8, 4) is 11.9 Å². The summed E-state index contributed by atoms with van der Waals surface area (Å²) in [5.41, 5.74) is 1.65. The molecule has 6 heteroatoms. The summed E-state index contributed by atoms with van der Waals surface area (Å²) in [5.74, 6) is -0.224. The second kappa shape index (κ2) is 7.90. The molecule has 0 atom stereocenters. The van der Waals surface area contributed by atoms with Crippen molar-refractivity contribution in [3.63, 3.8) is 0 Å². The Kier molecular flexibility index (Phi) is 5.39. The van der Waals surface area contributed by atoms with Crippen LogP contribution in [0.5, 0.6) is 5.88 Å². The summed E-state index contributed by atoms with van der Waals surface area (Å²) >= 11 is 5.87. The molecular weight excluding hydrogens is 362 g/mol. The summed E-state index contributed by atoms with van der Waals surface area (Å²) in [5, 5.41) is 20.7. The van der Waals surface area contributed by atoms with Crippen LogP contribution >= 0.6 is 11.6 Å². The van der Waals surface area contributed by atoms with Crippen LogP contribution in [-0.2, 0) is 6.54 Å². The third-order valence-electron chi connectivity index (χ3n) is 4.20. The Morgan fingerprint density at radius 3 is 2.48 bits per heavy atom. The summed E-state index contributed by atoms with van der Waals surface area (Å²) in [4.78, 5) is 17.0. The molecule has 0 spiro atoms. The van der Waals surface area contributed by atoms with Crippen LogP contribution in [-0.4, -0.2) is 15.9 Å². The highest BCUT2D eigenvalue weighted by Crippen LogP contribution is 2.22. The van der Waals surface area contributed by atoms with Gasteiger partial charge in [-0.15, -0.1) is 0 Å². The van der Waals surface area contributed by atoms with Gasteiger partial charge in [0, 0.05) is 11.2 Å². The topological polar surface area (TPSA) is 78.4 Å². The van der Waals surface area contributed by atoms with E-state index in [0.717, 1.165) is 5.56 Å². The number of pyridine rings is 1. The minimum Gasteiger partial charge on any atom is -0.494 e. The molecule has 0 bridgehead atoms. The van der Waals surface area contributed by atoms with Gasteiger partial charge in [-0.25, -0.2) is 0 Å². The lowest BCUT2D eigenvalue weighted by molar-refractivity contribution is 0.413. The summed E-state index contributed by atoms with van der Waals surface area (Å²) < 4.78 is 1.18. The third kappa shape index (κ3) is 3.91. The number of aliphatic imine (C=N–C) groups is 1. The predicted molar refractivity (Wildman–Crippen MR) is 106 cm³/mol. The highest BCUT2D eigenvalue weighted by Gasteiger charge is 2.18. The van der Waals surface area contributed by atoms with Gasteiger partial charge in [-0.05, 0) is 42.3 Å². The molecule has 1 heterocycles. The Balaban J connectivity index is 2.10. The molecule has 0 aliphatic rings. The van der Waals surface area contributed by atoms with Crippen molar-refractivity contribution >= 4 is 23.5 Å². The molecule has 3 rings (SSSR count). The predicted octanol–water partition coefficient (Wildman–Crippen LogP) is 4.19. The molecule has 0 aliphatic heterocycles. The first-order chi connectivity index (χ1) is 13.0. The van der Waals surface area contributed by atoms with E-state index in [1.165, 1.54) is 10.8 Å². The molecule has 0 fully saturated rings. The van der Waals surface area contributed by atoms with Gasteiger partial charge in [0.2, 0.25) is 5.88 Å². The number of aromatic hydroxyl groups is 1. The van der Waals surface area contributed by atoms with Gasteiger partial charge in [-0.3, -0.25) is 14.4 Å². The molecule has 27 heavy (non-hydrogen) atoms. The van der Waals surface area contributed by atoms with E-state index in [2.05, 4.69) is 4.99 Å². The Hall–Kier alpha value is -3.36. The average molecular weight is 378 g/mol. The van der Waals surface area contributed by atoms with Crippen molar-refractivity contribution in [2.24, 2.45) is 4.99 Å². The van der Waals surface area contributed by atoms with Crippen LogP contribution in [0, 0.1) is 18.3 Å². The number of rotatable bonds is 4. The molecule has 3 aromatic rings. The normalized spacial score (nSPS) is 10.9. The van der Waals surface area contributed by atoms with E-state index in [1.54, 1.807) is 31.2 Å². The van der Waals surface area contributed by atoms with Gasteiger partial charge in [0.1, 0.15) is 11.6 Å². The first-order valence-corrected chi connectivity index (χ1v) is 8.59. The largest absolute Gasteiger partial charge is 0.494 e. The van der Waals surface area contributed by atoms with E-state index in [1.807, 2.05) is 36.4 Å². The smallest absolute Gasteiger partial charge is 0.271 e. The van der Waals surface area contributed by atoms with Crippen LogP contribution in [0.1, 0.15) is 22.3 Å². The first kappa shape index (κ1) is 18.4. The maximum Gasteiger partial charge on any atom is 0.271 e. The van der Waals surface area contributed by atoms with Crippen molar-refractivity contribution in [2.45, 2.75) is 13.5 Å². The SMILES string of the molecule is Cc1c(C=Nc2ccc(Cl)cc2)c(O)n(Cc2ccccc2)c(=O)c1C#N. The van der Waals surface area contributed by atoms with Crippen LogP contribution < -0.4 is 5.56 Å².